The van der Waals surface area contributed by atoms with Gasteiger partial charge in [0.2, 0.25) is 0 Å². The van der Waals surface area contributed by atoms with Crippen LogP contribution in [-0.4, -0.2) is 29.4 Å². The molecule has 1 aromatic carbocycles. The van der Waals surface area contributed by atoms with E-state index in [2.05, 4.69) is 37.0 Å². The summed E-state index contributed by atoms with van der Waals surface area (Å²) >= 11 is 0. The second-order valence-corrected chi connectivity index (χ2v) is 8.10. The van der Waals surface area contributed by atoms with Gasteiger partial charge in [-0.05, 0) is 30.9 Å². The number of benzene rings is 1. The fraction of sp³-hybridized carbons (Fsp3) is 0.280. The third-order valence-corrected chi connectivity index (χ3v) is 5.19. The van der Waals surface area contributed by atoms with Crippen molar-refractivity contribution in [1.82, 2.24) is 29.4 Å². The monoisotopic (exact) mass is 460 g/mol. The van der Waals surface area contributed by atoms with Gasteiger partial charge in [0.15, 0.2) is 0 Å². The first-order chi connectivity index (χ1) is 16.6. The zero-order valence-corrected chi connectivity index (χ0v) is 19.1. The largest absolute Gasteiger partial charge is 0.383 e. The van der Waals surface area contributed by atoms with E-state index < -0.39 is 0 Å². The molecule has 9 heteroatoms. The van der Waals surface area contributed by atoms with Crippen LogP contribution < -0.4 is 5.56 Å². The van der Waals surface area contributed by atoms with E-state index >= 15 is 0 Å². The van der Waals surface area contributed by atoms with Gasteiger partial charge < -0.3 is 18.2 Å². The van der Waals surface area contributed by atoms with Crippen molar-refractivity contribution in [2.24, 2.45) is 0 Å². The number of H-pyrrole nitrogens is 1. The average molecular weight is 461 g/mol. The quantitative estimate of drug-likeness (QED) is 0.333. The van der Waals surface area contributed by atoms with Gasteiger partial charge in [0.25, 0.3) is 5.56 Å². The van der Waals surface area contributed by atoms with Gasteiger partial charge in [-0.25, -0.2) is 9.97 Å². The zero-order valence-electron chi connectivity index (χ0n) is 19.1. The zero-order chi connectivity index (χ0) is 23.6. The normalized spacial score (nSPS) is 10.7. The molecule has 5 aromatic rings. The van der Waals surface area contributed by atoms with E-state index in [0.29, 0.717) is 12.2 Å². The molecule has 0 unspecified atom stereocenters. The highest BCUT2D eigenvalue weighted by Gasteiger charge is 2.03. The summed E-state index contributed by atoms with van der Waals surface area (Å²) in [4.78, 5) is 19.0. The lowest BCUT2D eigenvalue weighted by molar-refractivity contribution is 0.374. The minimum atomic E-state index is -0.204. The summed E-state index contributed by atoms with van der Waals surface area (Å²) in [6.07, 6.45) is 14.9. The lowest BCUT2D eigenvalue weighted by atomic mass is 10.1. The van der Waals surface area contributed by atoms with Crippen LogP contribution in [0.4, 0.5) is 0 Å². The molecule has 4 aromatic heterocycles. The van der Waals surface area contributed by atoms with E-state index in [-0.39, 0.29) is 5.56 Å². The van der Waals surface area contributed by atoms with Crippen LogP contribution >= 0.6 is 0 Å². The maximum Gasteiger partial charge on any atom is 0.280 e. The molecule has 0 amide bonds. The average Bonchev–Trinajstić information content (AvgIpc) is 3.63. The van der Waals surface area contributed by atoms with E-state index in [1.165, 1.54) is 11.6 Å². The van der Waals surface area contributed by atoms with Crippen molar-refractivity contribution in [1.29, 1.82) is 0 Å². The van der Waals surface area contributed by atoms with Crippen LogP contribution in [0.5, 0.6) is 0 Å². The highest BCUT2D eigenvalue weighted by Crippen LogP contribution is 2.11. The summed E-state index contributed by atoms with van der Waals surface area (Å²) in [5, 5.41) is 6.15. The van der Waals surface area contributed by atoms with Gasteiger partial charge in [-0.2, -0.15) is 5.16 Å². The molecule has 0 saturated heterocycles. The number of aromatic amines is 1. The van der Waals surface area contributed by atoms with E-state index in [0.717, 1.165) is 49.4 Å². The van der Waals surface area contributed by atoms with Gasteiger partial charge in [-0.3, -0.25) is 4.79 Å². The first-order valence-electron chi connectivity index (χ1n) is 11.2. The fourth-order valence-corrected chi connectivity index (χ4v) is 3.59. The summed E-state index contributed by atoms with van der Waals surface area (Å²) in [5.41, 5.74) is 3.05. The molecule has 0 aliphatic heterocycles. The number of unbranched alkanes of at least 4 members (excludes halogenated alkanes) is 1. The van der Waals surface area contributed by atoms with Crippen molar-refractivity contribution in [3.8, 4) is 0 Å². The Labute approximate surface area is 197 Å². The van der Waals surface area contributed by atoms with E-state index in [1.807, 2.05) is 48.4 Å². The molecule has 0 atom stereocenters. The Kier molecular flexibility index (Phi) is 7.89. The Hall–Kier alpha value is -4.14. The minimum Gasteiger partial charge on any atom is -0.383 e. The van der Waals surface area contributed by atoms with E-state index in [1.54, 1.807) is 18.7 Å². The lowest BCUT2D eigenvalue weighted by Gasteiger charge is -2.05. The molecule has 0 aliphatic rings. The number of hydrogen-bond acceptors (Lipinski definition) is 6. The van der Waals surface area contributed by atoms with Crippen LogP contribution in [0.3, 0.4) is 0 Å². The summed E-state index contributed by atoms with van der Waals surface area (Å²) in [7, 11) is 0. The Morgan fingerprint density at radius 2 is 1.74 bits per heavy atom. The molecule has 1 N–H and O–H groups in total. The van der Waals surface area contributed by atoms with Crippen molar-refractivity contribution in [2.45, 2.75) is 45.7 Å². The third kappa shape index (κ3) is 7.19. The van der Waals surface area contributed by atoms with E-state index in [9.17, 15) is 4.79 Å². The summed E-state index contributed by atoms with van der Waals surface area (Å²) in [5.74, 6) is 1.63. The molecule has 9 nitrogen and oxygen atoms in total. The van der Waals surface area contributed by atoms with Crippen molar-refractivity contribution in [2.75, 3.05) is 0 Å². The standard InChI is InChI=1S/C14H13N3O2.C11H15N3O/c18-14-8-13(19-16-14)7-11-2-1-3-12(6-11)9-17-5-4-15-10-17;1-10-8-11(15-13-10)4-2-3-6-14-7-5-12-9-14/h1-6,8,10H,7,9H2,(H,16,18);5,7-9H,2-4,6H2,1H3. The maximum atomic E-state index is 11.0. The third-order valence-electron chi connectivity index (χ3n) is 5.19. The molecular formula is C25H28N6O3. The first kappa shape index (κ1) is 23.0. The SMILES string of the molecule is Cc1cc(CCCCn2ccnc2)on1.O=c1cc(Cc2cccc(Cn3ccnc3)c2)o[nH]1. The second-order valence-electron chi connectivity index (χ2n) is 8.10. The van der Waals surface area contributed by atoms with Gasteiger partial charge >= 0.3 is 0 Å². The maximum absolute atomic E-state index is 11.0. The Bertz CT molecular complexity index is 1300. The topological polar surface area (TPSA) is 108 Å². The number of aromatic nitrogens is 6. The molecule has 176 valence electrons. The smallest absolute Gasteiger partial charge is 0.280 e. The number of nitrogens with zero attached hydrogens (tertiary/aromatic N) is 5. The van der Waals surface area contributed by atoms with Gasteiger partial charge in [-0.1, -0.05) is 29.4 Å². The molecule has 0 spiro atoms. The van der Waals surface area contributed by atoms with Gasteiger partial charge in [0.1, 0.15) is 11.5 Å². The number of rotatable bonds is 9. The summed E-state index contributed by atoms with van der Waals surface area (Å²) < 4.78 is 14.3. The van der Waals surface area contributed by atoms with Crippen molar-refractivity contribution < 1.29 is 9.05 Å². The van der Waals surface area contributed by atoms with Gasteiger partial charge in [0.05, 0.1) is 18.3 Å². The highest BCUT2D eigenvalue weighted by molar-refractivity contribution is 5.26. The molecule has 0 aliphatic carbocycles. The number of imidazole rings is 2. The van der Waals surface area contributed by atoms with Crippen molar-refractivity contribution in [3.63, 3.8) is 0 Å². The minimum absolute atomic E-state index is 0.204. The number of aryl methyl sites for hydroxylation is 3. The summed E-state index contributed by atoms with van der Waals surface area (Å²) in [6.45, 7) is 3.75. The van der Waals surface area contributed by atoms with Crippen molar-refractivity contribution in [3.05, 3.63) is 113 Å². The second kappa shape index (κ2) is 11.6. The highest BCUT2D eigenvalue weighted by atomic mass is 16.5. The molecule has 0 saturated carbocycles. The van der Waals surface area contributed by atoms with Crippen LogP contribution in [0.1, 0.15) is 41.2 Å². The molecule has 4 heterocycles. The van der Waals surface area contributed by atoms with Crippen LogP contribution in [0.2, 0.25) is 0 Å². The molecule has 0 fully saturated rings. The van der Waals surface area contributed by atoms with Gasteiger partial charge in [-0.15, -0.1) is 0 Å². The predicted octanol–water partition coefficient (Wildman–Crippen LogP) is 4.01. The van der Waals surface area contributed by atoms with Crippen LogP contribution in [0, 0.1) is 6.92 Å². The van der Waals surface area contributed by atoms with Crippen LogP contribution in [0.15, 0.2) is 87.7 Å². The van der Waals surface area contributed by atoms with Crippen LogP contribution in [-0.2, 0) is 25.9 Å². The van der Waals surface area contributed by atoms with Crippen LogP contribution in [0.25, 0.3) is 0 Å². The molecule has 34 heavy (non-hydrogen) atoms. The first-order valence-corrected chi connectivity index (χ1v) is 11.2. The molecule has 5 rings (SSSR count). The molecule has 0 radical (unpaired) electrons. The van der Waals surface area contributed by atoms with E-state index in [4.69, 9.17) is 9.05 Å². The predicted molar refractivity (Wildman–Crippen MR) is 126 cm³/mol. The van der Waals surface area contributed by atoms with Gasteiger partial charge in [0, 0.05) is 62.9 Å². The Balaban J connectivity index is 0.000000166. The Morgan fingerprint density at radius 1 is 0.941 bits per heavy atom. The lowest BCUT2D eigenvalue weighted by Crippen LogP contribution is -1.97. The number of nitrogens with one attached hydrogen (secondary N) is 1. The van der Waals surface area contributed by atoms with Crippen molar-refractivity contribution >= 4 is 0 Å². The number of hydrogen-bond donors (Lipinski definition) is 1. The molecular weight excluding hydrogens is 432 g/mol. The fourth-order valence-electron chi connectivity index (χ4n) is 3.59. The Morgan fingerprint density at radius 3 is 2.41 bits per heavy atom. The molecule has 0 bridgehead atoms. The summed E-state index contributed by atoms with van der Waals surface area (Å²) in [6, 6.07) is 11.7.